The molecule has 1 atom stereocenters. The lowest BCUT2D eigenvalue weighted by atomic mass is 10.0. The Labute approximate surface area is 190 Å². The molecule has 0 bridgehead atoms. The van der Waals surface area contributed by atoms with E-state index in [1.165, 1.54) is 11.1 Å². The van der Waals surface area contributed by atoms with E-state index < -0.39 is 12.1 Å². The van der Waals surface area contributed by atoms with Crippen molar-refractivity contribution in [2.45, 2.75) is 39.4 Å². The van der Waals surface area contributed by atoms with Crippen molar-refractivity contribution in [3.05, 3.63) is 96.1 Å². The first kappa shape index (κ1) is 23.3. The fraction of sp³-hybridized carbons (Fsp3) is 0.250. The summed E-state index contributed by atoms with van der Waals surface area (Å²) in [5.41, 5.74) is 5.61. The smallest absolute Gasteiger partial charge is 0.333 e. The zero-order valence-corrected chi connectivity index (χ0v) is 18.8. The second-order valence-corrected chi connectivity index (χ2v) is 8.00. The number of hydrogen-bond donors (Lipinski definition) is 1. The molecule has 4 nitrogen and oxygen atoms in total. The minimum absolute atomic E-state index is 0.136. The summed E-state index contributed by atoms with van der Waals surface area (Å²) >= 11 is 0. The van der Waals surface area contributed by atoms with Crippen LogP contribution in [0.15, 0.2) is 84.9 Å². The molecule has 32 heavy (non-hydrogen) atoms. The lowest BCUT2D eigenvalue weighted by Gasteiger charge is -2.16. The topological polar surface area (TPSA) is 55.8 Å². The molecule has 0 aliphatic heterocycles. The molecule has 0 fully saturated rings. The van der Waals surface area contributed by atoms with Crippen molar-refractivity contribution in [1.29, 1.82) is 0 Å². The van der Waals surface area contributed by atoms with Crippen LogP contribution in [0.5, 0.6) is 5.75 Å². The minimum Gasteiger partial charge on any atom is -0.490 e. The van der Waals surface area contributed by atoms with Gasteiger partial charge in [-0.3, -0.25) is 0 Å². The van der Waals surface area contributed by atoms with Gasteiger partial charge >= 0.3 is 5.97 Å². The molecule has 0 spiro atoms. The monoisotopic (exact) mass is 430 g/mol. The molecule has 3 aromatic carbocycles. The molecule has 0 aliphatic carbocycles. The maximum atomic E-state index is 11.4. The third-order valence-corrected chi connectivity index (χ3v) is 5.14. The van der Waals surface area contributed by atoms with E-state index in [0.717, 1.165) is 22.4 Å². The number of carboxylic acids is 1. The number of carboxylic acid groups (broad SMARTS) is 1. The standard InChI is InChI=1S/C28H30O4/c1-20(2)32-27(28(29)30)19-22-9-15-26(16-10-22)31-18-17-21(3)23-11-13-25(14-12-23)24-7-5-4-6-8-24/h4-17,20,27H,18-19H2,1-3H3,(H,29,30)/t27-/m0/s1. The SMILES string of the molecule is CC(=CCOc1ccc(C[C@H](OC(C)C)C(=O)O)cc1)c1ccc(-c2ccccc2)cc1. The summed E-state index contributed by atoms with van der Waals surface area (Å²) in [5.74, 6) is -0.203. The summed E-state index contributed by atoms with van der Waals surface area (Å²) in [7, 11) is 0. The molecule has 0 aromatic heterocycles. The van der Waals surface area contributed by atoms with Crippen LogP contribution in [0.4, 0.5) is 0 Å². The number of hydrogen-bond acceptors (Lipinski definition) is 3. The molecule has 4 heteroatoms. The largest absolute Gasteiger partial charge is 0.490 e. The first-order valence-electron chi connectivity index (χ1n) is 10.8. The Morgan fingerprint density at radius 2 is 1.53 bits per heavy atom. The molecule has 0 heterocycles. The molecule has 3 rings (SSSR count). The highest BCUT2D eigenvalue weighted by Gasteiger charge is 2.20. The van der Waals surface area contributed by atoms with Crippen LogP contribution in [0.2, 0.25) is 0 Å². The maximum absolute atomic E-state index is 11.4. The van der Waals surface area contributed by atoms with Crippen molar-refractivity contribution in [3.8, 4) is 16.9 Å². The van der Waals surface area contributed by atoms with Crippen LogP contribution < -0.4 is 4.74 Å². The van der Waals surface area contributed by atoms with Gasteiger partial charge in [-0.1, -0.05) is 66.7 Å². The first-order valence-corrected chi connectivity index (χ1v) is 10.8. The Bertz CT molecular complexity index is 1020. The lowest BCUT2D eigenvalue weighted by molar-refractivity contribution is -0.153. The van der Waals surface area contributed by atoms with Gasteiger partial charge in [-0.15, -0.1) is 0 Å². The number of benzene rings is 3. The number of aliphatic carboxylic acids is 1. The molecule has 1 N–H and O–H groups in total. The van der Waals surface area contributed by atoms with Gasteiger partial charge in [0.05, 0.1) is 6.10 Å². The van der Waals surface area contributed by atoms with Crippen LogP contribution in [0.3, 0.4) is 0 Å². The van der Waals surface area contributed by atoms with Crippen molar-refractivity contribution in [2.24, 2.45) is 0 Å². The van der Waals surface area contributed by atoms with Gasteiger partial charge in [0.2, 0.25) is 0 Å². The molecule has 0 unspecified atom stereocenters. The predicted molar refractivity (Wildman–Crippen MR) is 129 cm³/mol. The maximum Gasteiger partial charge on any atom is 0.333 e. The van der Waals surface area contributed by atoms with Crippen LogP contribution in [0.1, 0.15) is 31.9 Å². The molecule has 0 aliphatic rings. The Kier molecular flexibility index (Phi) is 8.23. The summed E-state index contributed by atoms with van der Waals surface area (Å²) in [5, 5.41) is 9.32. The van der Waals surface area contributed by atoms with Crippen LogP contribution in [0, 0.1) is 0 Å². The van der Waals surface area contributed by atoms with E-state index in [1.807, 2.05) is 56.3 Å². The second-order valence-electron chi connectivity index (χ2n) is 8.00. The van der Waals surface area contributed by atoms with E-state index in [2.05, 4.69) is 49.4 Å². The van der Waals surface area contributed by atoms with E-state index in [1.54, 1.807) is 0 Å². The van der Waals surface area contributed by atoms with Crippen molar-refractivity contribution in [2.75, 3.05) is 6.61 Å². The lowest BCUT2D eigenvalue weighted by Crippen LogP contribution is -2.29. The summed E-state index contributed by atoms with van der Waals surface area (Å²) in [6.07, 6.45) is 1.40. The average molecular weight is 431 g/mol. The Balaban J connectivity index is 1.54. The number of carbonyl (C=O) groups is 1. The summed E-state index contributed by atoms with van der Waals surface area (Å²) in [6, 6.07) is 26.3. The number of rotatable bonds is 10. The van der Waals surface area contributed by atoms with Crippen LogP contribution in [0.25, 0.3) is 16.7 Å². The third-order valence-electron chi connectivity index (χ3n) is 5.14. The van der Waals surface area contributed by atoms with Gasteiger partial charge in [0, 0.05) is 6.42 Å². The van der Waals surface area contributed by atoms with Gasteiger partial charge in [-0.2, -0.15) is 0 Å². The first-order chi connectivity index (χ1) is 15.4. The molecular formula is C28H30O4. The molecular weight excluding hydrogens is 400 g/mol. The summed E-state index contributed by atoms with van der Waals surface area (Å²) < 4.78 is 11.3. The molecule has 0 amide bonds. The third kappa shape index (κ3) is 6.82. The zero-order valence-electron chi connectivity index (χ0n) is 18.8. The van der Waals surface area contributed by atoms with Gasteiger partial charge in [0.25, 0.3) is 0 Å². The molecule has 0 saturated carbocycles. The van der Waals surface area contributed by atoms with Crippen molar-refractivity contribution < 1.29 is 19.4 Å². The molecule has 0 saturated heterocycles. The van der Waals surface area contributed by atoms with E-state index in [9.17, 15) is 9.90 Å². The Morgan fingerprint density at radius 1 is 0.906 bits per heavy atom. The fourth-order valence-electron chi connectivity index (χ4n) is 3.39. The van der Waals surface area contributed by atoms with Gasteiger partial charge in [0.1, 0.15) is 12.4 Å². The molecule has 3 aromatic rings. The van der Waals surface area contributed by atoms with Crippen LogP contribution in [-0.2, 0) is 16.0 Å². The fourth-order valence-corrected chi connectivity index (χ4v) is 3.39. The van der Waals surface area contributed by atoms with E-state index in [-0.39, 0.29) is 6.10 Å². The predicted octanol–water partition coefficient (Wildman–Crippen LogP) is 6.26. The van der Waals surface area contributed by atoms with Gasteiger partial charge in [-0.25, -0.2) is 4.79 Å². The van der Waals surface area contributed by atoms with Gasteiger partial charge in [-0.05, 0) is 66.8 Å². The van der Waals surface area contributed by atoms with Crippen molar-refractivity contribution in [1.82, 2.24) is 0 Å². The van der Waals surface area contributed by atoms with Crippen molar-refractivity contribution >= 4 is 11.5 Å². The van der Waals surface area contributed by atoms with E-state index in [0.29, 0.717) is 13.0 Å². The highest BCUT2D eigenvalue weighted by Crippen LogP contribution is 2.22. The normalized spacial score (nSPS) is 12.6. The Hall–Kier alpha value is -3.37. The van der Waals surface area contributed by atoms with Gasteiger partial charge in [0.15, 0.2) is 6.10 Å². The zero-order chi connectivity index (χ0) is 22.9. The minimum atomic E-state index is -0.948. The number of ether oxygens (including phenoxy) is 2. The van der Waals surface area contributed by atoms with E-state index in [4.69, 9.17) is 9.47 Å². The van der Waals surface area contributed by atoms with Gasteiger partial charge < -0.3 is 14.6 Å². The molecule has 0 radical (unpaired) electrons. The second kappa shape index (κ2) is 11.3. The average Bonchev–Trinajstić information content (AvgIpc) is 2.80. The van der Waals surface area contributed by atoms with Crippen LogP contribution >= 0.6 is 0 Å². The number of allylic oxidation sites excluding steroid dienone is 1. The molecule has 166 valence electrons. The van der Waals surface area contributed by atoms with E-state index >= 15 is 0 Å². The summed E-state index contributed by atoms with van der Waals surface area (Å²) in [6.45, 7) is 6.20. The highest BCUT2D eigenvalue weighted by atomic mass is 16.5. The quantitative estimate of drug-likeness (QED) is 0.413. The Morgan fingerprint density at radius 3 is 2.12 bits per heavy atom. The highest BCUT2D eigenvalue weighted by molar-refractivity contribution is 5.73. The van der Waals surface area contributed by atoms with Crippen molar-refractivity contribution in [3.63, 3.8) is 0 Å². The summed E-state index contributed by atoms with van der Waals surface area (Å²) in [4.78, 5) is 11.4. The van der Waals surface area contributed by atoms with Crippen LogP contribution in [-0.4, -0.2) is 29.9 Å².